The van der Waals surface area contributed by atoms with E-state index in [0.717, 1.165) is 16.9 Å². The van der Waals surface area contributed by atoms with E-state index in [4.69, 9.17) is 0 Å². The van der Waals surface area contributed by atoms with Crippen LogP contribution in [0.25, 0.3) is 0 Å². The van der Waals surface area contributed by atoms with Crippen molar-refractivity contribution < 1.29 is 4.79 Å². The molecule has 0 aliphatic carbocycles. The fourth-order valence-corrected chi connectivity index (χ4v) is 3.04. The van der Waals surface area contributed by atoms with Crippen molar-refractivity contribution in [3.8, 4) is 0 Å². The lowest BCUT2D eigenvalue weighted by Crippen LogP contribution is -2.09. The van der Waals surface area contributed by atoms with Crippen molar-refractivity contribution in [1.29, 1.82) is 0 Å². The minimum atomic E-state index is -0.0722. The van der Waals surface area contributed by atoms with Gasteiger partial charge in [0.05, 0.1) is 12.2 Å². The minimum Gasteiger partial charge on any atom is -0.348 e. The van der Waals surface area contributed by atoms with Crippen LogP contribution in [0.4, 0.5) is 5.69 Å². The van der Waals surface area contributed by atoms with Crippen molar-refractivity contribution in [1.82, 2.24) is 9.97 Å². The smallest absolute Gasteiger partial charge is 0.221 e. The van der Waals surface area contributed by atoms with Crippen LogP contribution in [-0.2, 0) is 4.79 Å². The van der Waals surface area contributed by atoms with Gasteiger partial charge in [-0.15, -0.1) is 0 Å². The first-order chi connectivity index (χ1) is 11.6. The Morgan fingerprint density at radius 1 is 1.17 bits per heavy atom. The first kappa shape index (κ1) is 16.0. The third-order valence-corrected chi connectivity index (χ3v) is 4.33. The van der Waals surface area contributed by atoms with Crippen LogP contribution in [0.2, 0.25) is 0 Å². The zero-order valence-corrected chi connectivity index (χ0v) is 14.1. The van der Waals surface area contributed by atoms with Crippen molar-refractivity contribution >= 4 is 11.6 Å². The molecule has 3 rings (SSSR count). The molecule has 1 aromatic heterocycles. The van der Waals surface area contributed by atoms with E-state index < -0.39 is 0 Å². The number of benzene rings is 2. The molecular weight excluding hydrogens is 298 g/mol. The lowest BCUT2D eigenvalue weighted by Gasteiger charge is -2.20. The van der Waals surface area contributed by atoms with Gasteiger partial charge in [0, 0.05) is 24.5 Å². The third-order valence-electron chi connectivity index (χ3n) is 4.33. The normalized spacial score (nSPS) is 12.0. The van der Waals surface area contributed by atoms with Crippen molar-refractivity contribution in [3.63, 3.8) is 0 Å². The number of aromatic nitrogens is 2. The number of nitrogens with zero attached hydrogens (tertiary/aromatic N) is 1. The Morgan fingerprint density at radius 2 is 1.96 bits per heavy atom. The first-order valence-electron chi connectivity index (χ1n) is 7.98. The zero-order valence-electron chi connectivity index (χ0n) is 14.1. The van der Waals surface area contributed by atoms with Gasteiger partial charge in [0.25, 0.3) is 0 Å². The predicted octanol–water partition coefficient (Wildman–Crippen LogP) is 4.17. The number of aromatic amines is 1. The van der Waals surface area contributed by atoms with Crippen LogP contribution in [0, 0.1) is 13.8 Å². The molecule has 2 N–H and O–H groups in total. The molecule has 4 heteroatoms. The number of rotatable bonds is 4. The van der Waals surface area contributed by atoms with Crippen LogP contribution in [0.1, 0.15) is 40.8 Å². The van der Waals surface area contributed by atoms with Crippen LogP contribution in [0.15, 0.2) is 55.0 Å². The fourth-order valence-electron chi connectivity index (χ4n) is 3.04. The molecule has 1 heterocycles. The number of aryl methyl sites for hydroxylation is 1. The van der Waals surface area contributed by atoms with E-state index in [1.807, 2.05) is 24.4 Å². The van der Waals surface area contributed by atoms with Crippen LogP contribution in [0.5, 0.6) is 0 Å². The SMILES string of the molecule is CC(=O)Nc1cccc(C(c2cnc[nH]2)c2cccc(C)c2C)c1. The van der Waals surface area contributed by atoms with E-state index in [1.54, 1.807) is 6.33 Å². The topological polar surface area (TPSA) is 57.8 Å². The van der Waals surface area contributed by atoms with Gasteiger partial charge in [-0.2, -0.15) is 0 Å². The fraction of sp³-hybridized carbons (Fsp3) is 0.200. The highest BCUT2D eigenvalue weighted by Crippen LogP contribution is 2.34. The van der Waals surface area contributed by atoms with Crippen molar-refractivity contribution in [3.05, 3.63) is 82.9 Å². The molecule has 0 radical (unpaired) electrons. The Balaban J connectivity index is 2.13. The summed E-state index contributed by atoms with van der Waals surface area (Å²) in [6, 6.07) is 14.3. The molecule has 24 heavy (non-hydrogen) atoms. The van der Waals surface area contributed by atoms with Crippen LogP contribution in [-0.4, -0.2) is 15.9 Å². The summed E-state index contributed by atoms with van der Waals surface area (Å²) in [5.74, 6) is -0.0296. The number of carbonyl (C=O) groups is 1. The van der Waals surface area contributed by atoms with E-state index in [1.165, 1.54) is 23.6 Å². The van der Waals surface area contributed by atoms with Gasteiger partial charge in [-0.1, -0.05) is 30.3 Å². The molecule has 1 unspecified atom stereocenters. The van der Waals surface area contributed by atoms with Crippen LogP contribution < -0.4 is 5.32 Å². The number of anilines is 1. The van der Waals surface area contributed by atoms with Gasteiger partial charge in [-0.05, 0) is 48.2 Å². The Morgan fingerprint density at radius 3 is 2.67 bits per heavy atom. The molecule has 0 aliphatic rings. The van der Waals surface area contributed by atoms with Gasteiger partial charge in [-0.3, -0.25) is 4.79 Å². The second-order valence-electron chi connectivity index (χ2n) is 6.04. The third kappa shape index (κ3) is 3.23. The number of amides is 1. The van der Waals surface area contributed by atoms with Crippen molar-refractivity contribution in [2.75, 3.05) is 5.32 Å². The van der Waals surface area contributed by atoms with Gasteiger partial charge in [-0.25, -0.2) is 4.98 Å². The molecule has 0 bridgehead atoms. The molecule has 2 aromatic carbocycles. The molecule has 0 aliphatic heterocycles. The molecular formula is C20H21N3O. The maximum atomic E-state index is 11.4. The highest BCUT2D eigenvalue weighted by Gasteiger charge is 2.20. The quantitative estimate of drug-likeness (QED) is 0.758. The number of H-pyrrole nitrogens is 1. The van der Waals surface area contributed by atoms with E-state index >= 15 is 0 Å². The van der Waals surface area contributed by atoms with Gasteiger partial charge in [0.15, 0.2) is 0 Å². The lowest BCUT2D eigenvalue weighted by atomic mass is 9.85. The summed E-state index contributed by atoms with van der Waals surface area (Å²) in [6.45, 7) is 5.78. The average molecular weight is 319 g/mol. The monoisotopic (exact) mass is 319 g/mol. The summed E-state index contributed by atoms with van der Waals surface area (Å²) in [5.41, 5.74) is 6.70. The maximum Gasteiger partial charge on any atom is 0.221 e. The molecule has 1 amide bonds. The van der Waals surface area contributed by atoms with Crippen LogP contribution >= 0.6 is 0 Å². The van der Waals surface area contributed by atoms with Crippen molar-refractivity contribution in [2.24, 2.45) is 0 Å². The summed E-state index contributed by atoms with van der Waals surface area (Å²) in [6.07, 6.45) is 3.56. The summed E-state index contributed by atoms with van der Waals surface area (Å²) in [7, 11) is 0. The summed E-state index contributed by atoms with van der Waals surface area (Å²) in [5, 5.41) is 2.86. The molecule has 3 aromatic rings. The summed E-state index contributed by atoms with van der Waals surface area (Å²) >= 11 is 0. The van der Waals surface area contributed by atoms with Crippen molar-refractivity contribution in [2.45, 2.75) is 26.7 Å². The summed E-state index contributed by atoms with van der Waals surface area (Å²) in [4.78, 5) is 18.8. The number of imidazole rings is 1. The van der Waals surface area contributed by atoms with E-state index in [9.17, 15) is 4.79 Å². The molecule has 122 valence electrons. The second kappa shape index (κ2) is 6.71. The molecule has 4 nitrogen and oxygen atoms in total. The molecule has 0 saturated carbocycles. The zero-order chi connectivity index (χ0) is 17.1. The molecule has 0 fully saturated rings. The number of carbonyl (C=O) groups excluding carboxylic acids is 1. The Labute approximate surface area is 142 Å². The lowest BCUT2D eigenvalue weighted by molar-refractivity contribution is -0.114. The van der Waals surface area contributed by atoms with Crippen LogP contribution in [0.3, 0.4) is 0 Å². The summed E-state index contributed by atoms with van der Waals surface area (Å²) < 4.78 is 0. The van der Waals surface area contributed by atoms with Gasteiger partial charge in [0.2, 0.25) is 5.91 Å². The molecule has 1 atom stereocenters. The Hall–Kier alpha value is -2.88. The van der Waals surface area contributed by atoms with Gasteiger partial charge < -0.3 is 10.3 Å². The number of hydrogen-bond acceptors (Lipinski definition) is 2. The Kier molecular flexibility index (Phi) is 4.47. The standard InChI is InChI=1S/C20H21N3O/c1-13-6-4-9-18(14(13)2)20(19-11-21-12-22-19)16-7-5-8-17(10-16)23-15(3)24/h4-12,20H,1-3H3,(H,21,22)(H,23,24). The first-order valence-corrected chi connectivity index (χ1v) is 7.98. The minimum absolute atomic E-state index is 0.0427. The van der Waals surface area contributed by atoms with E-state index in [0.29, 0.717) is 0 Å². The molecule has 0 spiro atoms. The average Bonchev–Trinajstić information content (AvgIpc) is 3.06. The largest absolute Gasteiger partial charge is 0.348 e. The van der Waals surface area contributed by atoms with Gasteiger partial charge in [0.1, 0.15) is 0 Å². The highest BCUT2D eigenvalue weighted by atomic mass is 16.1. The number of nitrogens with one attached hydrogen (secondary N) is 2. The van der Waals surface area contributed by atoms with E-state index in [-0.39, 0.29) is 11.8 Å². The highest BCUT2D eigenvalue weighted by molar-refractivity contribution is 5.88. The molecule has 0 saturated heterocycles. The Bertz CT molecular complexity index is 853. The van der Waals surface area contributed by atoms with Gasteiger partial charge >= 0.3 is 0 Å². The predicted molar refractivity (Wildman–Crippen MR) is 96.2 cm³/mol. The maximum absolute atomic E-state index is 11.4. The number of hydrogen-bond donors (Lipinski definition) is 2. The second-order valence-corrected chi connectivity index (χ2v) is 6.04. The van der Waals surface area contributed by atoms with E-state index in [2.05, 4.69) is 53.4 Å².